The monoisotopic (exact) mass is 311 g/mol. The van der Waals surface area contributed by atoms with E-state index in [1.54, 1.807) is 20.8 Å². The van der Waals surface area contributed by atoms with Crippen LogP contribution in [-0.4, -0.2) is 15.2 Å². The second-order valence-corrected chi connectivity index (χ2v) is 7.20. The minimum absolute atomic E-state index is 0.163. The number of hydrogen-bond donors (Lipinski definition) is 0. The zero-order valence-corrected chi connectivity index (χ0v) is 12.2. The van der Waals surface area contributed by atoms with Crippen molar-refractivity contribution in [1.29, 1.82) is 0 Å². The molecule has 1 unspecified atom stereocenters. The van der Waals surface area contributed by atoms with Gasteiger partial charge in [-0.3, -0.25) is 0 Å². The molecule has 1 atom stereocenters. The van der Waals surface area contributed by atoms with Gasteiger partial charge in [-0.25, -0.2) is 4.21 Å². The first-order valence-corrected chi connectivity index (χ1v) is 6.83. The maximum Gasteiger partial charge on any atom is 0.417 e. The Balaban J connectivity index is 3.17. The third-order valence-corrected chi connectivity index (χ3v) is 3.71. The van der Waals surface area contributed by atoms with Crippen molar-refractivity contribution in [2.75, 3.05) is 0 Å². The first-order valence-electron chi connectivity index (χ1n) is 5.34. The van der Waals surface area contributed by atoms with E-state index < -0.39 is 27.5 Å². The summed E-state index contributed by atoms with van der Waals surface area (Å²) in [6.45, 7) is 5.05. The zero-order valence-electron chi connectivity index (χ0n) is 10.6. The lowest BCUT2D eigenvalue weighted by atomic mass is 10.1. The van der Waals surface area contributed by atoms with Gasteiger partial charge >= 0.3 is 6.18 Å². The highest BCUT2D eigenvalue weighted by atomic mass is 35.5. The van der Waals surface area contributed by atoms with Crippen molar-refractivity contribution in [2.24, 2.45) is 4.40 Å². The van der Waals surface area contributed by atoms with E-state index in [4.69, 9.17) is 11.6 Å². The Morgan fingerprint density at radius 1 is 1.26 bits per heavy atom. The molecule has 0 fully saturated rings. The molecule has 2 nitrogen and oxygen atoms in total. The lowest BCUT2D eigenvalue weighted by molar-refractivity contribution is -0.137. The van der Waals surface area contributed by atoms with Crippen molar-refractivity contribution < 1.29 is 17.4 Å². The molecular weight excluding hydrogens is 299 g/mol. The smallest absolute Gasteiger partial charge is 0.234 e. The SMILES string of the molecule is CC(C)(C)S(=O)N=Cc1cc(Cl)ccc1C(F)(F)F. The number of benzene rings is 1. The Kier molecular flexibility index (Phi) is 4.79. The predicted molar refractivity (Wildman–Crippen MR) is 71.9 cm³/mol. The average Bonchev–Trinajstić information content (AvgIpc) is 2.22. The van der Waals surface area contributed by atoms with Crippen LogP contribution in [0, 0.1) is 0 Å². The summed E-state index contributed by atoms with van der Waals surface area (Å²) in [6, 6.07) is 3.18. The van der Waals surface area contributed by atoms with Crippen LogP contribution in [-0.2, 0) is 17.2 Å². The summed E-state index contributed by atoms with van der Waals surface area (Å²) < 4.78 is 53.0. The van der Waals surface area contributed by atoms with Gasteiger partial charge in [-0.15, -0.1) is 0 Å². The quantitative estimate of drug-likeness (QED) is 0.751. The lowest BCUT2D eigenvalue weighted by Crippen LogP contribution is -2.20. The van der Waals surface area contributed by atoms with Gasteiger partial charge in [0, 0.05) is 16.8 Å². The van der Waals surface area contributed by atoms with Crippen LogP contribution in [0.1, 0.15) is 31.9 Å². The predicted octanol–water partition coefficient (Wildman–Crippen LogP) is 4.24. The number of hydrogen-bond acceptors (Lipinski definition) is 1. The normalized spacial score (nSPS) is 14.9. The fourth-order valence-corrected chi connectivity index (χ4v) is 1.87. The van der Waals surface area contributed by atoms with E-state index in [9.17, 15) is 17.4 Å². The van der Waals surface area contributed by atoms with Crippen LogP contribution >= 0.6 is 11.6 Å². The van der Waals surface area contributed by atoms with Crippen molar-refractivity contribution in [2.45, 2.75) is 31.7 Å². The second-order valence-electron chi connectivity index (χ2n) is 4.83. The largest absolute Gasteiger partial charge is 0.417 e. The average molecular weight is 312 g/mol. The Hall–Kier alpha value is -0.880. The molecule has 0 bridgehead atoms. The topological polar surface area (TPSA) is 29.4 Å². The van der Waals surface area contributed by atoms with E-state index in [1.165, 1.54) is 0 Å². The Morgan fingerprint density at radius 3 is 2.32 bits per heavy atom. The van der Waals surface area contributed by atoms with Gasteiger partial charge in [-0.1, -0.05) is 11.6 Å². The molecule has 0 saturated carbocycles. The van der Waals surface area contributed by atoms with Crippen LogP contribution in [0.3, 0.4) is 0 Å². The van der Waals surface area contributed by atoms with E-state index in [0.717, 1.165) is 24.4 Å². The maximum atomic E-state index is 12.8. The van der Waals surface area contributed by atoms with Crippen molar-refractivity contribution in [3.63, 3.8) is 0 Å². The number of nitrogens with zero attached hydrogens (tertiary/aromatic N) is 1. The first kappa shape index (κ1) is 16.2. The molecule has 106 valence electrons. The van der Waals surface area contributed by atoms with E-state index in [-0.39, 0.29) is 10.6 Å². The molecule has 0 spiro atoms. The van der Waals surface area contributed by atoms with Gasteiger partial charge < -0.3 is 0 Å². The molecule has 0 aliphatic carbocycles. The summed E-state index contributed by atoms with van der Waals surface area (Å²) in [5, 5.41) is 0.163. The van der Waals surface area contributed by atoms with Crippen LogP contribution in [0.5, 0.6) is 0 Å². The summed E-state index contributed by atoms with van der Waals surface area (Å²) in [4.78, 5) is 0. The molecule has 1 aromatic rings. The summed E-state index contributed by atoms with van der Waals surface area (Å²) in [5.74, 6) is 0. The highest BCUT2D eigenvalue weighted by Gasteiger charge is 2.33. The van der Waals surface area contributed by atoms with Crippen molar-refractivity contribution in [3.05, 3.63) is 34.3 Å². The molecule has 1 aromatic carbocycles. The summed E-state index contributed by atoms with van der Waals surface area (Å²) in [6.07, 6.45) is -3.55. The van der Waals surface area contributed by atoms with Crippen LogP contribution < -0.4 is 0 Å². The highest BCUT2D eigenvalue weighted by molar-refractivity contribution is 7.85. The fourth-order valence-electron chi connectivity index (χ4n) is 1.16. The second kappa shape index (κ2) is 5.63. The number of alkyl halides is 3. The van der Waals surface area contributed by atoms with Gasteiger partial charge in [0.1, 0.15) is 11.0 Å². The molecule has 0 radical (unpaired) electrons. The molecule has 0 heterocycles. The molecule has 7 heteroatoms. The van der Waals surface area contributed by atoms with Crippen LogP contribution in [0.2, 0.25) is 5.02 Å². The molecular formula is C12H13ClF3NOS. The van der Waals surface area contributed by atoms with E-state index in [2.05, 4.69) is 4.40 Å². The fraction of sp³-hybridized carbons (Fsp3) is 0.417. The van der Waals surface area contributed by atoms with Crippen LogP contribution in [0.15, 0.2) is 22.6 Å². The Bertz CT molecular complexity index is 521. The maximum absolute atomic E-state index is 12.8. The van der Waals surface area contributed by atoms with Crippen LogP contribution in [0.25, 0.3) is 0 Å². The molecule has 0 aliphatic rings. The van der Waals surface area contributed by atoms with Crippen LogP contribution in [0.4, 0.5) is 13.2 Å². The summed E-state index contributed by atoms with van der Waals surface area (Å²) in [5.41, 5.74) is -1.05. The van der Waals surface area contributed by atoms with Crippen molar-refractivity contribution in [3.8, 4) is 0 Å². The summed E-state index contributed by atoms with van der Waals surface area (Å²) in [7, 11) is -1.62. The van der Waals surface area contributed by atoms with Gasteiger partial charge in [0.25, 0.3) is 0 Å². The number of rotatable bonds is 2. The molecule has 0 amide bonds. The Morgan fingerprint density at radius 2 is 1.84 bits per heavy atom. The Labute approximate surface area is 117 Å². The molecule has 1 rings (SSSR count). The van der Waals surface area contributed by atoms with Crippen molar-refractivity contribution in [1.82, 2.24) is 0 Å². The van der Waals surface area contributed by atoms with Gasteiger partial charge in [0.15, 0.2) is 0 Å². The molecule has 0 saturated heterocycles. The van der Waals surface area contributed by atoms with E-state index >= 15 is 0 Å². The van der Waals surface area contributed by atoms with Gasteiger partial charge in [0.05, 0.1) is 10.3 Å². The third-order valence-electron chi connectivity index (χ3n) is 2.13. The van der Waals surface area contributed by atoms with E-state index in [1.807, 2.05) is 0 Å². The molecule has 0 aliphatic heterocycles. The van der Waals surface area contributed by atoms with E-state index in [0.29, 0.717) is 0 Å². The molecule has 19 heavy (non-hydrogen) atoms. The van der Waals surface area contributed by atoms with Gasteiger partial charge in [-0.05, 0) is 39.0 Å². The van der Waals surface area contributed by atoms with Gasteiger partial charge in [0.2, 0.25) is 0 Å². The standard InChI is InChI=1S/C12H13ClF3NOS/c1-11(2,3)19(18)17-7-8-6-9(13)4-5-10(8)12(14,15)16/h4-7H,1-3H3. The third kappa shape index (κ3) is 4.62. The molecule has 0 N–H and O–H groups in total. The van der Waals surface area contributed by atoms with Crippen molar-refractivity contribution >= 4 is 28.8 Å². The van der Waals surface area contributed by atoms with Gasteiger partial charge in [-0.2, -0.15) is 17.6 Å². The lowest BCUT2D eigenvalue weighted by Gasteiger charge is -2.13. The summed E-state index contributed by atoms with van der Waals surface area (Å²) >= 11 is 5.67. The number of halogens is 4. The minimum atomic E-state index is -4.50. The minimum Gasteiger partial charge on any atom is -0.234 e. The highest BCUT2D eigenvalue weighted by Crippen LogP contribution is 2.32. The first-order chi connectivity index (χ1) is 8.51. The zero-order chi connectivity index (χ0) is 14.8. The molecule has 0 aromatic heterocycles.